The lowest BCUT2D eigenvalue weighted by molar-refractivity contribution is -0.206. The SMILES string of the molecule is CCN(c1cccc2cc(-c3ncc(CN4CCC(OC(=O)C(F)(F)F)CC4)s3)[nH]c12)S(=O)(=O)c1cccs1. The highest BCUT2D eigenvalue weighted by atomic mass is 32.2. The van der Waals surface area contributed by atoms with E-state index in [1.807, 2.05) is 18.2 Å². The van der Waals surface area contributed by atoms with E-state index >= 15 is 0 Å². The summed E-state index contributed by atoms with van der Waals surface area (Å²) in [4.78, 5) is 22.1. The summed E-state index contributed by atoms with van der Waals surface area (Å²) in [6, 6.07) is 10.8. The zero-order valence-corrected chi connectivity index (χ0v) is 23.2. The number of carbonyl (C=O) groups excluding carboxylic acids is 1. The first-order chi connectivity index (χ1) is 18.6. The number of H-pyrrole nitrogens is 1. The number of halogens is 3. The molecule has 1 saturated heterocycles. The lowest BCUT2D eigenvalue weighted by Gasteiger charge is -2.31. The summed E-state index contributed by atoms with van der Waals surface area (Å²) in [5.74, 6) is -2.14. The number of anilines is 1. The molecule has 0 aliphatic carbocycles. The Labute approximate surface area is 231 Å². The van der Waals surface area contributed by atoms with Gasteiger partial charge in [-0.3, -0.25) is 9.21 Å². The van der Waals surface area contributed by atoms with Crippen molar-refractivity contribution in [1.82, 2.24) is 14.9 Å². The Morgan fingerprint density at radius 2 is 2.00 bits per heavy atom. The average molecular weight is 599 g/mol. The number of rotatable bonds is 8. The lowest BCUT2D eigenvalue weighted by Crippen LogP contribution is -2.39. The topological polar surface area (TPSA) is 95.6 Å². The van der Waals surface area contributed by atoms with Gasteiger partial charge in [-0.1, -0.05) is 18.2 Å². The number of sulfonamides is 1. The van der Waals surface area contributed by atoms with Gasteiger partial charge < -0.3 is 9.72 Å². The number of esters is 1. The minimum absolute atomic E-state index is 0.265. The number of nitrogens with zero attached hydrogens (tertiary/aromatic N) is 3. The van der Waals surface area contributed by atoms with Crippen LogP contribution in [0.3, 0.4) is 0 Å². The van der Waals surface area contributed by atoms with Gasteiger partial charge in [0, 0.05) is 42.6 Å². The summed E-state index contributed by atoms with van der Waals surface area (Å²) in [5, 5.41) is 3.33. The second-order valence-corrected chi connectivity index (χ2v) is 13.2. The molecule has 0 amide bonds. The van der Waals surface area contributed by atoms with E-state index in [-0.39, 0.29) is 10.8 Å². The maximum absolute atomic E-state index is 13.3. The average Bonchev–Trinajstić information content (AvgIpc) is 3.66. The van der Waals surface area contributed by atoms with E-state index in [9.17, 15) is 26.4 Å². The number of fused-ring (bicyclic) bond motifs is 1. The molecule has 39 heavy (non-hydrogen) atoms. The van der Waals surface area contributed by atoms with Crippen molar-refractivity contribution in [1.29, 1.82) is 0 Å². The highest BCUT2D eigenvalue weighted by molar-refractivity contribution is 7.94. The van der Waals surface area contributed by atoms with Crippen LogP contribution in [0.15, 0.2) is 52.2 Å². The van der Waals surface area contributed by atoms with Crippen LogP contribution in [0.1, 0.15) is 24.6 Å². The number of thiazole rings is 1. The fourth-order valence-electron chi connectivity index (χ4n) is 4.58. The number of alkyl halides is 3. The van der Waals surface area contributed by atoms with Crippen LogP contribution in [-0.2, 0) is 26.1 Å². The molecular weight excluding hydrogens is 573 g/mol. The first kappa shape index (κ1) is 27.6. The number of nitrogens with one attached hydrogen (secondary N) is 1. The van der Waals surface area contributed by atoms with Crippen molar-refractivity contribution in [2.75, 3.05) is 23.9 Å². The highest BCUT2D eigenvalue weighted by Crippen LogP contribution is 2.35. The molecular formula is C25H25F3N4O4S3. The van der Waals surface area contributed by atoms with E-state index in [1.54, 1.807) is 36.7 Å². The summed E-state index contributed by atoms with van der Waals surface area (Å²) < 4.78 is 70.2. The third-order valence-electron chi connectivity index (χ3n) is 6.43. The van der Waals surface area contributed by atoms with Gasteiger partial charge >= 0.3 is 12.1 Å². The van der Waals surface area contributed by atoms with Crippen LogP contribution < -0.4 is 4.31 Å². The number of aromatic amines is 1. The molecule has 0 bridgehead atoms. The Bertz CT molecular complexity index is 1560. The fraction of sp³-hybridized carbons (Fsp3) is 0.360. The predicted octanol–water partition coefficient (Wildman–Crippen LogP) is 5.64. The van der Waals surface area contributed by atoms with Gasteiger partial charge in [0.2, 0.25) is 0 Å². The molecule has 4 aromatic rings. The molecule has 4 heterocycles. The number of hydrogen-bond acceptors (Lipinski definition) is 8. The molecule has 0 spiro atoms. The molecule has 1 fully saturated rings. The van der Waals surface area contributed by atoms with E-state index in [1.165, 1.54) is 27.0 Å². The van der Waals surface area contributed by atoms with Gasteiger partial charge in [0.1, 0.15) is 15.3 Å². The number of piperidine rings is 1. The normalized spacial score (nSPS) is 15.6. The molecule has 1 aliphatic rings. The van der Waals surface area contributed by atoms with E-state index in [0.29, 0.717) is 43.7 Å². The van der Waals surface area contributed by atoms with Crippen LogP contribution in [-0.4, -0.2) is 61.2 Å². The molecule has 0 radical (unpaired) electrons. The largest absolute Gasteiger partial charge is 0.490 e. The lowest BCUT2D eigenvalue weighted by atomic mass is 10.1. The van der Waals surface area contributed by atoms with Crippen LogP contribution in [0.25, 0.3) is 21.6 Å². The number of benzene rings is 1. The van der Waals surface area contributed by atoms with Crippen LogP contribution >= 0.6 is 22.7 Å². The zero-order valence-electron chi connectivity index (χ0n) is 20.8. The second kappa shape index (κ2) is 10.9. The molecule has 0 atom stereocenters. The van der Waals surface area contributed by atoms with Crippen molar-refractivity contribution < 1.29 is 31.1 Å². The summed E-state index contributed by atoms with van der Waals surface area (Å²) in [6.07, 6.45) is -3.28. The number of aromatic nitrogens is 2. The number of likely N-dealkylation sites (tertiary alicyclic amines) is 1. The Morgan fingerprint density at radius 3 is 2.67 bits per heavy atom. The van der Waals surface area contributed by atoms with Gasteiger partial charge in [-0.15, -0.1) is 22.7 Å². The van der Waals surface area contributed by atoms with Crippen molar-refractivity contribution in [3.05, 3.63) is 52.9 Å². The number of ether oxygens (including phenoxy) is 1. The van der Waals surface area contributed by atoms with Crippen molar-refractivity contribution in [2.45, 2.75) is 42.8 Å². The zero-order chi connectivity index (χ0) is 27.8. The third-order valence-corrected chi connectivity index (χ3v) is 10.7. The third kappa shape index (κ3) is 5.83. The number of carbonyl (C=O) groups is 1. The minimum Gasteiger partial charge on any atom is -0.456 e. The van der Waals surface area contributed by atoms with Gasteiger partial charge in [0.05, 0.1) is 16.9 Å². The summed E-state index contributed by atoms with van der Waals surface area (Å²) in [6.45, 7) is 3.64. The smallest absolute Gasteiger partial charge is 0.456 e. The summed E-state index contributed by atoms with van der Waals surface area (Å²) >= 11 is 2.66. The Kier molecular flexibility index (Phi) is 7.73. The molecule has 8 nitrogen and oxygen atoms in total. The standard InChI is InChI=1S/C25H25F3N4O4S3/c1-2-32(39(34,35)21-7-4-12-37-21)20-6-3-5-16-13-19(30-22(16)20)23-29-14-18(38-23)15-31-10-8-17(9-11-31)36-24(33)25(26,27)28/h3-7,12-14,17,30H,2,8-11,15H2,1H3. The predicted molar refractivity (Wildman–Crippen MR) is 144 cm³/mol. The minimum atomic E-state index is -4.98. The quantitative estimate of drug-likeness (QED) is 0.264. The monoisotopic (exact) mass is 598 g/mol. The van der Waals surface area contributed by atoms with Gasteiger partial charge in [-0.05, 0) is 43.3 Å². The molecule has 1 N–H and O–H groups in total. The molecule has 208 valence electrons. The molecule has 0 saturated carbocycles. The maximum atomic E-state index is 13.3. The Morgan fingerprint density at radius 1 is 1.23 bits per heavy atom. The van der Waals surface area contributed by atoms with Gasteiger partial charge in [-0.25, -0.2) is 18.2 Å². The molecule has 1 aliphatic heterocycles. The molecule has 5 rings (SSSR count). The Hall–Kier alpha value is -2.94. The summed E-state index contributed by atoms with van der Waals surface area (Å²) in [7, 11) is -3.71. The van der Waals surface area contributed by atoms with Gasteiger partial charge in [0.15, 0.2) is 0 Å². The van der Waals surface area contributed by atoms with Crippen molar-refractivity contribution >= 4 is 55.3 Å². The van der Waals surface area contributed by atoms with Crippen LogP contribution in [0, 0.1) is 0 Å². The van der Waals surface area contributed by atoms with Gasteiger partial charge in [-0.2, -0.15) is 13.2 Å². The van der Waals surface area contributed by atoms with Crippen molar-refractivity contribution in [3.8, 4) is 10.7 Å². The maximum Gasteiger partial charge on any atom is 0.490 e. The number of thiophene rings is 1. The molecule has 1 aromatic carbocycles. The Balaban J connectivity index is 1.29. The number of para-hydroxylation sites is 1. The summed E-state index contributed by atoms with van der Waals surface area (Å²) in [5.41, 5.74) is 2.01. The molecule has 3 aromatic heterocycles. The second-order valence-electron chi connectivity index (χ2n) is 9.04. The molecule has 0 unspecified atom stereocenters. The number of hydrogen-bond donors (Lipinski definition) is 1. The van der Waals surface area contributed by atoms with E-state index in [0.717, 1.165) is 21.0 Å². The van der Waals surface area contributed by atoms with Crippen molar-refractivity contribution in [2.24, 2.45) is 0 Å². The first-order valence-electron chi connectivity index (χ1n) is 12.2. The van der Waals surface area contributed by atoms with E-state index in [2.05, 4.69) is 19.6 Å². The van der Waals surface area contributed by atoms with E-state index in [4.69, 9.17) is 0 Å². The van der Waals surface area contributed by atoms with Crippen LogP contribution in [0.5, 0.6) is 0 Å². The van der Waals surface area contributed by atoms with Crippen molar-refractivity contribution in [3.63, 3.8) is 0 Å². The fourth-order valence-corrected chi connectivity index (χ4v) is 8.10. The van der Waals surface area contributed by atoms with Gasteiger partial charge in [0.25, 0.3) is 10.0 Å². The van der Waals surface area contributed by atoms with E-state index < -0.39 is 28.3 Å². The highest BCUT2D eigenvalue weighted by Gasteiger charge is 2.42. The van der Waals surface area contributed by atoms with Crippen LogP contribution in [0.2, 0.25) is 0 Å². The van der Waals surface area contributed by atoms with Crippen LogP contribution in [0.4, 0.5) is 18.9 Å². The first-order valence-corrected chi connectivity index (χ1v) is 15.3. The molecule has 14 heteroatoms.